The summed E-state index contributed by atoms with van der Waals surface area (Å²) in [5.41, 5.74) is 2.89. The van der Waals surface area contributed by atoms with Gasteiger partial charge in [0.1, 0.15) is 34.6 Å². The Balaban J connectivity index is 1.32. The van der Waals surface area contributed by atoms with Crippen molar-refractivity contribution in [1.82, 2.24) is 9.78 Å². The minimum absolute atomic E-state index is 0.0882. The van der Waals surface area contributed by atoms with Crippen molar-refractivity contribution >= 4 is 11.7 Å². The molecule has 4 aromatic carbocycles. The first-order valence-corrected chi connectivity index (χ1v) is 12.3. The van der Waals surface area contributed by atoms with Crippen molar-refractivity contribution in [1.29, 1.82) is 0 Å². The third-order valence-electron chi connectivity index (χ3n) is 5.73. The maximum Gasteiger partial charge on any atom is 0.346 e. The van der Waals surface area contributed by atoms with E-state index in [1.54, 1.807) is 54.7 Å². The number of rotatable bonds is 7. The average molecular weight is 526 g/mol. The van der Waals surface area contributed by atoms with E-state index in [2.05, 4.69) is 10.4 Å². The number of nitrogens with one attached hydrogen (secondary N) is 1. The molecule has 0 saturated carbocycles. The number of hydrogen-bond donors (Lipinski definition) is 1. The van der Waals surface area contributed by atoms with Crippen LogP contribution < -0.4 is 14.8 Å². The van der Waals surface area contributed by atoms with Crippen LogP contribution in [0.4, 0.5) is 19.3 Å². The van der Waals surface area contributed by atoms with Gasteiger partial charge >= 0.3 is 6.03 Å². The number of nitrogens with zero attached hydrogens (tertiary/aromatic N) is 2. The minimum atomic E-state index is -0.499. The van der Waals surface area contributed by atoms with E-state index in [4.69, 9.17) is 9.47 Å². The van der Waals surface area contributed by atoms with Gasteiger partial charge in [-0.1, -0.05) is 12.1 Å². The van der Waals surface area contributed by atoms with Crippen LogP contribution in [0, 0.1) is 11.6 Å². The van der Waals surface area contributed by atoms with Gasteiger partial charge in [0, 0.05) is 23.0 Å². The molecule has 1 N–H and O–H groups in total. The highest BCUT2D eigenvalue weighted by Crippen LogP contribution is 2.32. The summed E-state index contributed by atoms with van der Waals surface area (Å²) in [4.78, 5) is 13.1. The van der Waals surface area contributed by atoms with Gasteiger partial charge in [0.25, 0.3) is 0 Å². The van der Waals surface area contributed by atoms with Crippen LogP contribution in [0.1, 0.15) is 13.8 Å². The number of ether oxygens (including phenoxy) is 2. The Morgan fingerprint density at radius 3 is 1.82 bits per heavy atom. The third-order valence-corrected chi connectivity index (χ3v) is 5.73. The van der Waals surface area contributed by atoms with Gasteiger partial charge in [-0.25, -0.2) is 13.6 Å². The number of carbonyl (C=O) groups is 1. The van der Waals surface area contributed by atoms with Crippen molar-refractivity contribution in [3.8, 4) is 39.6 Å². The molecule has 0 unspecified atom stereocenters. The van der Waals surface area contributed by atoms with Crippen molar-refractivity contribution in [2.24, 2.45) is 0 Å². The van der Waals surface area contributed by atoms with Crippen molar-refractivity contribution in [2.75, 3.05) is 5.32 Å². The summed E-state index contributed by atoms with van der Waals surface area (Å²) in [7, 11) is 0. The summed E-state index contributed by atoms with van der Waals surface area (Å²) < 4.78 is 39.7. The Hall–Kier alpha value is -4.98. The molecule has 1 amide bonds. The molecule has 0 spiro atoms. The molecule has 0 fully saturated rings. The molecule has 1 heterocycles. The Kier molecular flexibility index (Phi) is 7.36. The molecular formula is C31H25F2N3O3. The predicted octanol–water partition coefficient (Wildman–Crippen LogP) is 8.16. The summed E-state index contributed by atoms with van der Waals surface area (Å²) in [6, 6.07) is 25.4. The second kappa shape index (κ2) is 11.2. The number of hydrogen-bond acceptors (Lipinski definition) is 4. The van der Waals surface area contributed by atoms with Crippen LogP contribution in [0.5, 0.6) is 17.2 Å². The van der Waals surface area contributed by atoms with Gasteiger partial charge in [-0.15, -0.1) is 0 Å². The highest BCUT2D eigenvalue weighted by molar-refractivity contribution is 5.92. The Labute approximate surface area is 224 Å². The summed E-state index contributed by atoms with van der Waals surface area (Å²) in [5.74, 6) is 1.25. The maximum absolute atomic E-state index is 13.5. The first-order chi connectivity index (χ1) is 18.8. The smallest absolute Gasteiger partial charge is 0.346 e. The number of halogens is 2. The topological polar surface area (TPSA) is 65.4 Å². The van der Waals surface area contributed by atoms with E-state index < -0.39 is 6.03 Å². The van der Waals surface area contributed by atoms with Crippen LogP contribution in [0.3, 0.4) is 0 Å². The maximum atomic E-state index is 13.5. The zero-order valence-corrected chi connectivity index (χ0v) is 21.3. The Bertz CT molecular complexity index is 1500. The second-order valence-corrected chi connectivity index (χ2v) is 9.04. The van der Waals surface area contributed by atoms with Crippen LogP contribution in [-0.2, 0) is 0 Å². The lowest BCUT2D eigenvalue weighted by Gasteiger charge is -2.11. The van der Waals surface area contributed by atoms with E-state index in [1.807, 2.05) is 38.1 Å². The first-order valence-electron chi connectivity index (χ1n) is 12.3. The molecule has 0 atom stereocenters. The molecule has 0 radical (unpaired) electrons. The molecule has 0 bridgehead atoms. The van der Waals surface area contributed by atoms with Crippen molar-refractivity contribution in [3.63, 3.8) is 0 Å². The van der Waals surface area contributed by atoms with Crippen LogP contribution in [0.2, 0.25) is 0 Å². The number of anilines is 1. The van der Waals surface area contributed by atoms with Gasteiger partial charge in [0.15, 0.2) is 0 Å². The van der Waals surface area contributed by atoms with Gasteiger partial charge in [-0.3, -0.25) is 0 Å². The summed E-state index contributed by atoms with van der Waals surface area (Å²) in [6.07, 6.45) is 1.65. The van der Waals surface area contributed by atoms with E-state index in [0.717, 1.165) is 5.75 Å². The van der Waals surface area contributed by atoms with Gasteiger partial charge in [0.2, 0.25) is 0 Å². The van der Waals surface area contributed by atoms with Crippen molar-refractivity contribution < 1.29 is 23.0 Å². The molecule has 0 aliphatic heterocycles. The molecule has 0 aliphatic carbocycles. The third kappa shape index (κ3) is 6.30. The summed E-state index contributed by atoms with van der Waals surface area (Å²) in [5, 5.41) is 7.26. The molecular weight excluding hydrogens is 500 g/mol. The largest absolute Gasteiger partial charge is 0.491 e. The number of amides is 1. The fraction of sp³-hybridized carbons (Fsp3) is 0.0968. The number of carbonyl (C=O) groups excluding carboxylic acids is 1. The van der Waals surface area contributed by atoms with Crippen LogP contribution in [-0.4, -0.2) is 21.9 Å². The average Bonchev–Trinajstić information content (AvgIpc) is 3.37. The number of benzene rings is 4. The van der Waals surface area contributed by atoms with Gasteiger partial charge in [0.05, 0.1) is 6.10 Å². The predicted molar refractivity (Wildman–Crippen MR) is 146 cm³/mol. The first kappa shape index (κ1) is 25.7. The van der Waals surface area contributed by atoms with Gasteiger partial charge in [-0.05, 0) is 104 Å². The van der Waals surface area contributed by atoms with E-state index in [-0.39, 0.29) is 17.7 Å². The minimum Gasteiger partial charge on any atom is -0.491 e. The van der Waals surface area contributed by atoms with Gasteiger partial charge < -0.3 is 14.8 Å². The molecule has 5 rings (SSSR count). The zero-order chi connectivity index (χ0) is 27.4. The van der Waals surface area contributed by atoms with E-state index in [1.165, 1.54) is 28.9 Å². The fourth-order valence-corrected chi connectivity index (χ4v) is 3.92. The lowest BCUT2D eigenvalue weighted by molar-refractivity contribution is 0.242. The molecule has 5 aromatic rings. The monoisotopic (exact) mass is 525 g/mol. The molecule has 8 heteroatoms. The Morgan fingerprint density at radius 1 is 0.744 bits per heavy atom. The lowest BCUT2D eigenvalue weighted by atomic mass is 10.0. The van der Waals surface area contributed by atoms with E-state index in [0.29, 0.717) is 39.6 Å². The van der Waals surface area contributed by atoms with E-state index >= 15 is 0 Å². The van der Waals surface area contributed by atoms with Crippen LogP contribution in [0.25, 0.3) is 22.4 Å². The number of aromatic nitrogens is 2. The molecule has 6 nitrogen and oxygen atoms in total. The highest BCUT2D eigenvalue weighted by atomic mass is 19.1. The summed E-state index contributed by atoms with van der Waals surface area (Å²) >= 11 is 0. The molecule has 196 valence electrons. The molecule has 0 aliphatic rings. The normalized spacial score (nSPS) is 10.9. The zero-order valence-electron chi connectivity index (χ0n) is 21.3. The van der Waals surface area contributed by atoms with Crippen LogP contribution in [0.15, 0.2) is 103 Å². The SMILES string of the molecule is CC(C)Oc1ccc(Oc2ccc(NC(=O)n3cc(-c4ccc(F)cc4)c(-c4ccc(F)cc4)n3)cc2)cc1. The summed E-state index contributed by atoms with van der Waals surface area (Å²) in [6.45, 7) is 3.93. The van der Waals surface area contributed by atoms with E-state index in [9.17, 15) is 13.6 Å². The lowest BCUT2D eigenvalue weighted by Crippen LogP contribution is -2.19. The Morgan fingerprint density at radius 2 is 1.26 bits per heavy atom. The molecule has 0 saturated heterocycles. The highest BCUT2D eigenvalue weighted by Gasteiger charge is 2.17. The fourth-order valence-electron chi connectivity index (χ4n) is 3.92. The standard InChI is InChI=1S/C31H25F2N3O3/c1-20(2)38-26-15-17-28(18-16-26)39-27-13-11-25(12-14-27)34-31(37)36-19-29(21-3-7-23(32)8-4-21)30(35-36)22-5-9-24(33)10-6-22/h3-20H,1-2H3,(H,34,37). The molecule has 1 aromatic heterocycles. The second-order valence-electron chi connectivity index (χ2n) is 9.04. The van der Waals surface area contributed by atoms with Crippen molar-refractivity contribution in [3.05, 3.63) is 115 Å². The molecule has 39 heavy (non-hydrogen) atoms. The van der Waals surface area contributed by atoms with Crippen molar-refractivity contribution in [2.45, 2.75) is 20.0 Å². The van der Waals surface area contributed by atoms with Gasteiger partial charge in [-0.2, -0.15) is 9.78 Å². The quantitative estimate of drug-likeness (QED) is 0.233. The van der Waals surface area contributed by atoms with Crippen LogP contribution >= 0.6 is 0 Å².